The molecule has 0 amide bonds. The van der Waals surface area contributed by atoms with Gasteiger partial charge in [-0.1, -0.05) is 39.3 Å². The van der Waals surface area contributed by atoms with Crippen molar-refractivity contribution in [2.45, 2.75) is 46.2 Å². The van der Waals surface area contributed by atoms with Gasteiger partial charge in [0.25, 0.3) is 0 Å². The second kappa shape index (κ2) is 9.84. The van der Waals surface area contributed by atoms with E-state index in [9.17, 15) is 13.2 Å². The van der Waals surface area contributed by atoms with Crippen molar-refractivity contribution in [1.29, 1.82) is 0 Å². The first-order valence-corrected chi connectivity index (χ1v) is 6.82. The summed E-state index contributed by atoms with van der Waals surface area (Å²) in [6, 6.07) is 5.33. The Hall–Kier alpha value is -1.03. The second-order valence-electron chi connectivity index (χ2n) is 4.30. The van der Waals surface area contributed by atoms with Crippen LogP contribution in [0.1, 0.15) is 44.7 Å². The van der Waals surface area contributed by atoms with Crippen LogP contribution in [-0.4, -0.2) is 13.1 Å². The van der Waals surface area contributed by atoms with E-state index in [2.05, 4.69) is 19.2 Å². The quantitative estimate of drug-likeness (QED) is 0.770. The average molecular weight is 275 g/mol. The number of alkyl halides is 3. The molecule has 0 atom stereocenters. The third-order valence-corrected chi connectivity index (χ3v) is 2.50. The van der Waals surface area contributed by atoms with Crippen molar-refractivity contribution in [1.82, 2.24) is 5.32 Å². The summed E-state index contributed by atoms with van der Waals surface area (Å²) in [5.41, 5.74) is 0.378. The van der Waals surface area contributed by atoms with E-state index in [1.54, 1.807) is 0 Å². The monoisotopic (exact) mass is 275 g/mol. The van der Waals surface area contributed by atoms with Gasteiger partial charge in [0.2, 0.25) is 0 Å². The molecule has 0 aliphatic carbocycles. The highest BCUT2D eigenvalue weighted by Crippen LogP contribution is 2.29. The minimum Gasteiger partial charge on any atom is -0.317 e. The first-order chi connectivity index (χ1) is 8.95. The number of halogens is 3. The van der Waals surface area contributed by atoms with Gasteiger partial charge >= 0.3 is 6.18 Å². The van der Waals surface area contributed by atoms with Gasteiger partial charge < -0.3 is 5.32 Å². The molecule has 0 heterocycles. The average Bonchev–Trinajstić information content (AvgIpc) is 2.37. The van der Waals surface area contributed by atoms with Crippen LogP contribution in [0.25, 0.3) is 0 Å². The Kier molecular flexibility index (Phi) is 9.31. The number of rotatable bonds is 5. The van der Waals surface area contributed by atoms with Crippen molar-refractivity contribution < 1.29 is 13.2 Å². The van der Waals surface area contributed by atoms with Crippen LogP contribution < -0.4 is 5.32 Å². The van der Waals surface area contributed by atoms with Crippen LogP contribution in [0.5, 0.6) is 0 Å². The maximum atomic E-state index is 12.1. The predicted molar refractivity (Wildman–Crippen MR) is 74.3 cm³/mol. The van der Waals surface area contributed by atoms with E-state index in [1.165, 1.54) is 18.6 Å². The maximum absolute atomic E-state index is 12.1. The highest BCUT2D eigenvalue weighted by atomic mass is 19.4. The lowest BCUT2D eigenvalue weighted by molar-refractivity contribution is -0.137. The molecule has 1 nitrogen and oxygen atoms in total. The fourth-order valence-corrected chi connectivity index (χ4v) is 1.50. The highest BCUT2D eigenvalue weighted by Gasteiger charge is 2.29. The summed E-state index contributed by atoms with van der Waals surface area (Å²) in [5, 5.41) is 3.20. The standard InChI is InChI=1S/C10H11F3.C5H13N/c1-2-3-8-4-6-9(7-5-8)10(11,12)13;1-3-5-6-4-2/h4-7H,2-3H2,1H3;6H,3-5H2,1-2H3. The normalized spacial score (nSPS) is 10.8. The molecule has 1 rings (SSSR count). The van der Waals surface area contributed by atoms with Gasteiger partial charge in [-0.15, -0.1) is 0 Å². The van der Waals surface area contributed by atoms with Gasteiger partial charge in [-0.05, 0) is 43.6 Å². The predicted octanol–water partition coefficient (Wildman–Crippen LogP) is 4.66. The molecule has 110 valence electrons. The molecule has 4 heteroatoms. The van der Waals surface area contributed by atoms with Gasteiger partial charge in [0.1, 0.15) is 0 Å². The Labute approximate surface area is 114 Å². The molecule has 0 saturated carbocycles. The molecule has 0 saturated heterocycles. The molecule has 0 bridgehead atoms. The first kappa shape index (κ1) is 18.0. The number of hydrogen-bond acceptors (Lipinski definition) is 1. The molecular formula is C15H24F3N. The Morgan fingerprint density at radius 3 is 1.84 bits per heavy atom. The molecule has 19 heavy (non-hydrogen) atoms. The van der Waals surface area contributed by atoms with Crippen LogP contribution in [0.15, 0.2) is 24.3 Å². The van der Waals surface area contributed by atoms with E-state index in [1.807, 2.05) is 6.92 Å². The van der Waals surface area contributed by atoms with Crippen molar-refractivity contribution in [2.75, 3.05) is 13.1 Å². The van der Waals surface area contributed by atoms with Gasteiger partial charge in [-0.3, -0.25) is 0 Å². The Bertz CT molecular complexity index is 313. The molecule has 0 aliphatic rings. The van der Waals surface area contributed by atoms with Gasteiger partial charge in [0.05, 0.1) is 5.56 Å². The van der Waals surface area contributed by atoms with Crippen molar-refractivity contribution in [3.63, 3.8) is 0 Å². The topological polar surface area (TPSA) is 12.0 Å². The summed E-state index contributed by atoms with van der Waals surface area (Å²) < 4.78 is 36.3. The fourth-order valence-electron chi connectivity index (χ4n) is 1.50. The van der Waals surface area contributed by atoms with Crippen LogP contribution in [0.4, 0.5) is 13.2 Å². The van der Waals surface area contributed by atoms with E-state index >= 15 is 0 Å². The summed E-state index contributed by atoms with van der Waals surface area (Å²) in [5.74, 6) is 0. The van der Waals surface area contributed by atoms with Crippen molar-refractivity contribution >= 4 is 0 Å². The van der Waals surface area contributed by atoms with Gasteiger partial charge in [0.15, 0.2) is 0 Å². The van der Waals surface area contributed by atoms with E-state index in [-0.39, 0.29) is 0 Å². The van der Waals surface area contributed by atoms with Crippen LogP contribution in [0, 0.1) is 0 Å². The summed E-state index contributed by atoms with van der Waals surface area (Å²) >= 11 is 0. The SMILES string of the molecule is CCCNCC.CCCc1ccc(C(F)(F)F)cc1. The molecule has 1 N–H and O–H groups in total. The van der Waals surface area contributed by atoms with Crippen molar-refractivity contribution in [3.8, 4) is 0 Å². The summed E-state index contributed by atoms with van der Waals surface area (Å²) in [6.07, 6.45) is -1.19. The first-order valence-electron chi connectivity index (χ1n) is 6.82. The lowest BCUT2D eigenvalue weighted by atomic mass is 10.1. The third kappa shape index (κ3) is 8.65. The Morgan fingerprint density at radius 1 is 0.947 bits per heavy atom. The minimum atomic E-state index is -4.22. The number of benzene rings is 1. The van der Waals surface area contributed by atoms with Gasteiger partial charge in [-0.2, -0.15) is 13.2 Å². The summed E-state index contributed by atoms with van der Waals surface area (Å²) in [6.45, 7) is 8.56. The number of hydrogen-bond donors (Lipinski definition) is 1. The molecule has 0 unspecified atom stereocenters. The Balaban J connectivity index is 0.000000459. The van der Waals surface area contributed by atoms with E-state index in [0.29, 0.717) is 0 Å². The van der Waals surface area contributed by atoms with Crippen LogP contribution in [0.3, 0.4) is 0 Å². The van der Waals surface area contributed by atoms with Crippen LogP contribution >= 0.6 is 0 Å². The fraction of sp³-hybridized carbons (Fsp3) is 0.600. The Morgan fingerprint density at radius 2 is 1.53 bits per heavy atom. The van der Waals surface area contributed by atoms with E-state index < -0.39 is 11.7 Å². The van der Waals surface area contributed by atoms with Crippen LogP contribution in [0.2, 0.25) is 0 Å². The van der Waals surface area contributed by atoms with Crippen molar-refractivity contribution in [2.24, 2.45) is 0 Å². The lowest BCUT2D eigenvalue weighted by Crippen LogP contribution is -2.12. The zero-order valence-corrected chi connectivity index (χ0v) is 12.0. The summed E-state index contributed by atoms with van der Waals surface area (Å²) in [7, 11) is 0. The molecule has 0 spiro atoms. The number of nitrogens with one attached hydrogen (secondary N) is 1. The molecule has 0 aliphatic heterocycles. The zero-order chi connectivity index (χ0) is 14.7. The van der Waals surface area contributed by atoms with Crippen molar-refractivity contribution in [3.05, 3.63) is 35.4 Å². The molecule has 1 aromatic rings. The van der Waals surface area contributed by atoms with E-state index in [0.717, 1.165) is 43.6 Å². The van der Waals surface area contributed by atoms with E-state index in [4.69, 9.17) is 0 Å². The largest absolute Gasteiger partial charge is 0.416 e. The molecule has 0 fully saturated rings. The molecule has 0 aromatic heterocycles. The molecule has 0 radical (unpaired) electrons. The molecular weight excluding hydrogens is 251 g/mol. The number of aryl methyl sites for hydroxylation is 1. The highest BCUT2D eigenvalue weighted by molar-refractivity contribution is 5.24. The summed E-state index contributed by atoms with van der Waals surface area (Å²) in [4.78, 5) is 0. The maximum Gasteiger partial charge on any atom is 0.416 e. The third-order valence-electron chi connectivity index (χ3n) is 2.50. The zero-order valence-electron chi connectivity index (χ0n) is 12.0. The van der Waals surface area contributed by atoms with Gasteiger partial charge in [-0.25, -0.2) is 0 Å². The second-order valence-corrected chi connectivity index (χ2v) is 4.30. The molecule has 1 aromatic carbocycles. The lowest BCUT2D eigenvalue weighted by Gasteiger charge is -2.06. The van der Waals surface area contributed by atoms with Gasteiger partial charge in [0, 0.05) is 0 Å². The van der Waals surface area contributed by atoms with Crippen LogP contribution in [-0.2, 0) is 12.6 Å². The minimum absolute atomic E-state index is 0.577. The smallest absolute Gasteiger partial charge is 0.317 e.